The second-order valence-corrected chi connectivity index (χ2v) is 6.94. The van der Waals surface area contributed by atoms with Gasteiger partial charge in [-0.05, 0) is 24.3 Å². The Kier molecular flexibility index (Phi) is 3.79. The summed E-state index contributed by atoms with van der Waals surface area (Å²) in [6.07, 6.45) is 0. The molecule has 5 heterocycles. The quantitative estimate of drug-likeness (QED) is 0.833. The number of aromatic nitrogens is 2. The second-order valence-electron chi connectivity index (χ2n) is 6.94. The first-order valence-electron chi connectivity index (χ1n) is 8.96. The smallest absolute Gasteiger partial charge is 0.269 e. The van der Waals surface area contributed by atoms with Crippen LogP contribution in [0, 0.1) is 0 Å². The summed E-state index contributed by atoms with van der Waals surface area (Å²) in [6, 6.07) is 7.81. The lowest BCUT2D eigenvalue weighted by molar-refractivity contribution is 0.0138. The lowest BCUT2D eigenvalue weighted by atomic mass is 10.1. The number of hydrogen-bond donors (Lipinski definition) is 2. The molecule has 0 aliphatic carbocycles. The molecule has 1 atom stereocenters. The Morgan fingerprint density at radius 3 is 2.85 bits per heavy atom. The van der Waals surface area contributed by atoms with Gasteiger partial charge >= 0.3 is 0 Å². The van der Waals surface area contributed by atoms with Crippen LogP contribution in [0.15, 0.2) is 24.3 Å². The molecule has 8 heteroatoms. The molecule has 6 rings (SSSR count). The van der Waals surface area contributed by atoms with E-state index >= 15 is 0 Å². The third kappa shape index (κ3) is 2.81. The zero-order valence-corrected chi connectivity index (χ0v) is 14.4. The molecule has 1 aromatic heterocycles. The minimum absolute atomic E-state index is 0.123. The first kappa shape index (κ1) is 15.7. The average Bonchev–Trinajstić information content (AvgIpc) is 3.36. The fourth-order valence-corrected chi connectivity index (χ4v) is 3.87. The number of nitrogens with zero attached hydrogens (tertiary/aromatic N) is 3. The van der Waals surface area contributed by atoms with Gasteiger partial charge in [0.2, 0.25) is 6.79 Å². The normalized spacial score (nSPS) is 26.1. The lowest BCUT2D eigenvalue weighted by Crippen LogP contribution is -2.63. The molecule has 1 aromatic carbocycles. The van der Waals surface area contributed by atoms with E-state index in [1.807, 2.05) is 18.2 Å². The summed E-state index contributed by atoms with van der Waals surface area (Å²) in [6.45, 7) is 6.41. The number of rotatable bonds is 4. The molecule has 4 aliphatic heterocycles. The highest BCUT2D eigenvalue weighted by Gasteiger charge is 2.31. The van der Waals surface area contributed by atoms with Gasteiger partial charge in [0.1, 0.15) is 5.69 Å². The van der Waals surface area contributed by atoms with Gasteiger partial charge in [-0.2, -0.15) is 5.10 Å². The van der Waals surface area contributed by atoms with Gasteiger partial charge < -0.3 is 14.8 Å². The molecule has 3 saturated heterocycles. The molecule has 2 bridgehead atoms. The van der Waals surface area contributed by atoms with Gasteiger partial charge in [0.15, 0.2) is 11.5 Å². The maximum Gasteiger partial charge on any atom is 0.269 e. The number of aromatic amines is 1. The van der Waals surface area contributed by atoms with Crippen molar-refractivity contribution in [3.05, 3.63) is 30.0 Å². The van der Waals surface area contributed by atoms with Crippen LogP contribution < -0.4 is 14.8 Å². The Hall–Kier alpha value is -2.58. The summed E-state index contributed by atoms with van der Waals surface area (Å²) in [4.78, 5) is 17.4. The molecular weight excluding hydrogens is 334 g/mol. The van der Waals surface area contributed by atoms with Gasteiger partial charge in [-0.15, -0.1) is 0 Å². The minimum Gasteiger partial charge on any atom is -0.454 e. The maximum absolute atomic E-state index is 12.5. The number of amides is 1. The highest BCUT2D eigenvalue weighted by atomic mass is 16.7. The summed E-state index contributed by atoms with van der Waals surface area (Å²) < 4.78 is 10.7. The number of H-pyrrole nitrogens is 1. The Labute approximate surface area is 151 Å². The largest absolute Gasteiger partial charge is 0.454 e. The van der Waals surface area contributed by atoms with Crippen molar-refractivity contribution in [2.75, 3.05) is 46.1 Å². The summed E-state index contributed by atoms with van der Waals surface area (Å²) in [5.74, 6) is 1.31. The number of piperazine rings is 3. The first-order chi connectivity index (χ1) is 12.8. The van der Waals surface area contributed by atoms with Crippen LogP contribution >= 0.6 is 0 Å². The Morgan fingerprint density at radius 1 is 1.19 bits per heavy atom. The Bertz CT molecular complexity index is 828. The van der Waals surface area contributed by atoms with Crippen molar-refractivity contribution in [2.45, 2.75) is 6.04 Å². The van der Waals surface area contributed by atoms with Gasteiger partial charge in [0, 0.05) is 50.9 Å². The highest BCUT2D eigenvalue weighted by Crippen LogP contribution is 2.35. The van der Waals surface area contributed by atoms with E-state index < -0.39 is 0 Å². The van der Waals surface area contributed by atoms with Crippen LogP contribution in [0.4, 0.5) is 0 Å². The van der Waals surface area contributed by atoms with E-state index in [-0.39, 0.29) is 12.7 Å². The molecule has 2 aromatic rings. The molecule has 26 heavy (non-hydrogen) atoms. The van der Waals surface area contributed by atoms with E-state index in [0.717, 1.165) is 44.0 Å². The van der Waals surface area contributed by atoms with Gasteiger partial charge in [0.25, 0.3) is 5.91 Å². The topological polar surface area (TPSA) is 82.7 Å². The van der Waals surface area contributed by atoms with Gasteiger partial charge in [-0.25, -0.2) is 0 Å². The van der Waals surface area contributed by atoms with Crippen LogP contribution in [-0.4, -0.2) is 78.0 Å². The van der Waals surface area contributed by atoms with Gasteiger partial charge in [-0.3, -0.25) is 19.7 Å². The number of carbonyl (C=O) groups is 1. The van der Waals surface area contributed by atoms with Gasteiger partial charge in [0.05, 0.1) is 5.69 Å². The number of benzene rings is 1. The molecule has 0 radical (unpaired) electrons. The average molecular weight is 355 g/mol. The van der Waals surface area contributed by atoms with E-state index in [1.165, 1.54) is 0 Å². The Balaban J connectivity index is 1.24. The highest BCUT2D eigenvalue weighted by molar-refractivity contribution is 5.93. The number of carbonyl (C=O) groups excluding carboxylic acids is 1. The van der Waals surface area contributed by atoms with Crippen LogP contribution in [0.3, 0.4) is 0 Å². The number of ether oxygens (including phenoxy) is 2. The molecule has 0 saturated carbocycles. The summed E-state index contributed by atoms with van der Waals surface area (Å²) in [5, 5.41) is 10.1. The zero-order chi connectivity index (χ0) is 17.5. The van der Waals surface area contributed by atoms with Crippen molar-refractivity contribution < 1.29 is 14.3 Å². The van der Waals surface area contributed by atoms with E-state index in [2.05, 4.69) is 25.3 Å². The summed E-state index contributed by atoms with van der Waals surface area (Å²) >= 11 is 0. The van der Waals surface area contributed by atoms with Crippen molar-refractivity contribution in [2.24, 2.45) is 0 Å². The van der Waals surface area contributed by atoms with Crippen LogP contribution in [0.2, 0.25) is 0 Å². The molecule has 4 aliphatic rings. The SMILES string of the molecule is O=C(NCC1CN2CCN1CC2)c1cc(-c2ccc3c(c2)OCO3)n[nH]1. The third-order valence-corrected chi connectivity index (χ3v) is 5.38. The molecule has 2 N–H and O–H groups in total. The van der Waals surface area contributed by atoms with E-state index in [1.54, 1.807) is 6.07 Å². The molecule has 1 amide bonds. The molecule has 136 valence electrons. The van der Waals surface area contributed by atoms with E-state index in [9.17, 15) is 4.79 Å². The standard InChI is InChI=1S/C18H21N5O3/c24-18(19-9-13-10-22-3-5-23(13)6-4-22)15-8-14(20-21-15)12-1-2-16-17(7-12)26-11-25-16/h1-2,7-8,13H,3-6,9-11H2,(H,19,24)(H,20,21). The van der Waals surface area contributed by atoms with E-state index in [0.29, 0.717) is 29.7 Å². The fraction of sp³-hybridized carbons (Fsp3) is 0.444. The minimum atomic E-state index is -0.123. The second kappa shape index (κ2) is 6.30. The third-order valence-electron chi connectivity index (χ3n) is 5.38. The predicted molar refractivity (Wildman–Crippen MR) is 94.3 cm³/mol. The van der Waals surface area contributed by atoms with Crippen LogP contribution in [0.5, 0.6) is 11.5 Å². The number of nitrogens with one attached hydrogen (secondary N) is 2. The van der Waals surface area contributed by atoms with Crippen molar-refractivity contribution >= 4 is 5.91 Å². The van der Waals surface area contributed by atoms with Crippen molar-refractivity contribution in [3.63, 3.8) is 0 Å². The number of fused-ring (bicyclic) bond motifs is 4. The van der Waals surface area contributed by atoms with E-state index in [4.69, 9.17) is 9.47 Å². The van der Waals surface area contributed by atoms with Gasteiger partial charge in [-0.1, -0.05) is 0 Å². The zero-order valence-electron chi connectivity index (χ0n) is 14.4. The Morgan fingerprint density at radius 2 is 2.04 bits per heavy atom. The molecule has 3 fully saturated rings. The molecule has 1 unspecified atom stereocenters. The first-order valence-corrected chi connectivity index (χ1v) is 8.96. The fourth-order valence-electron chi connectivity index (χ4n) is 3.87. The molecule has 0 spiro atoms. The lowest BCUT2D eigenvalue weighted by Gasteiger charge is -2.47. The van der Waals surface area contributed by atoms with Crippen LogP contribution in [0.1, 0.15) is 10.5 Å². The molecular formula is C18H21N5O3. The number of hydrogen-bond acceptors (Lipinski definition) is 6. The molecule has 8 nitrogen and oxygen atoms in total. The van der Waals surface area contributed by atoms with Crippen LogP contribution in [-0.2, 0) is 0 Å². The maximum atomic E-state index is 12.5. The summed E-state index contributed by atoms with van der Waals surface area (Å²) in [5.41, 5.74) is 2.06. The van der Waals surface area contributed by atoms with Crippen LogP contribution in [0.25, 0.3) is 11.3 Å². The van der Waals surface area contributed by atoms with Crippen molar-refractivity contribution in [1.82, 2.24) is 25.3 Å². The van der Waals surface area contributed by atoms with Crippen molar-refractivity contribution in [1.29, 1.82) is 0 Å². The van der Waals surface area contributed by atoms with Crippen molar-refractivity contribution in [3.8, 4) is 22.8 Å². The summed E-state index contributed by atoms with van der Waals surface area (Å²) in [7, 11) is 0. The predicted octanol–water partition coefficient (Wildman–Crippen LogP) is 0.535. The monoisotopic (exact) mass is 355 g/mol.